The molecule has 0 amide bonds. The first-order valence-corrected chi connectivity index (χ1v) is 3.49. The van der Waals surface area contributed by atoms with Gasteiger partial charge < -0.3 is 10.1 Å². The van der Waals surface area contributed by atoms with E-state index in [2.05, 4.69) is 4.98 Å². The van der Waals surface area contributed by atoms with Crippen molar-refractivity contribution in [2.75, 3.05) is 0 Å². The van der Waals surface area contributed by atoms with E-state index in [1.165, 1.54) is 6.07 Å². The fourth-order valence-corrected chi connectivity index (χ4v) is 0.871. The van der Waals surface area contributed by atoms with E-state index >= 15 is 0 Å². The lowest BCUT2D eigenvalue weighted by Gasteiger charge is -2.05. The zero-order valence-corrected chi connectivity index (χ0v) is 6.95. The number of nitriles is 1. The van der Waals surface area contributed by atoms with Crippen LogP contribution in [-0.4, -0.2) is 9.91 Å². The van der Waals surface area contributed by atoms with Crippen LogP contribution in [0.25, 0.3) is 0 Å². The van der Waals surface area contributed by atoms with Crippen LogP contribution >= 0.6 is 0 Å². The van der Waals surface area contributed by atoms with E-state index in [0.717, 1.165) is 6.07 Å². The van der Waals surface area contributed by atoms with E-state index in [1.54, 1.807) is 0 Å². The third-order valence-corrected chi connectivity index (χ3v) is 1.47. The van der Waals surface area contributed by atoms with Crippen LogP contribution in [0.4, 0.5) is 19.0 Å². The molecule has 0 saturated heterocycles. The third kappa shape index (κ3) is 2.19. The summed E-state index contributed by atoms with van der Waals surface area (Å²) in [6.07, 6.45) is -4.86. The summed E-state index contributed by atoms with van der Waals surface area (Å²) in [6.45, 7) is 0. The first-order valence-electron chi connectivity index (χ1n) is 3.49. The molecule has 5 nitrogen and oxygen atoms in total. The van der Waals surface area contributed by atoms with Crippen molar-refractivity contribution in [1.29, 1.82) is 5.26 Å². The maximum Gasteiger partial charge on any atom is 0.424 e. The van der Waals surface area contributed by atoms with Crippen LogP contribution in [0.2, 0.25) is 0 Å². The largest absolute Gasteiger partial charge is 0.424 e. The fourth-order valence-electron chi connectivity index (χ4n) is 0.871. The van der Waals surface area contributed by atoms with E-state index in [1.807, 2.05) is 0 Å². The molecule has 0 unspecified atom stereocenters. The summed E-state index contributed by atoms with van der Waals surface area (Å²) in [7, 11) is 0. The van der Waals surface area contributed by atoms with Gasteiger partial charge >= 0.3 is 12.0 Å². The Morgan fingerprint density at radius 3 is 2.47 bits per heavy atom. The number of halogens is 3. The number of aromatic nitrogens is 1. The van der Waals surface area contributed by atoms with E-state index in [0.29, 0.717) is 6.07 Å². The van der Waals surface area contributed by atoms with Crippen molar-refractivity contribution < 1.29 is 18.1 Å². The molecule has 0 aliphatic heterocycles. The second kappa shape index (κ2) is 3.53. The van der Waals surface area contributed by atoms with Gasteiger partial charge in [0.05, 0.1) is 0 Å². The van der Waals surface area contributed by atoms with Gasteiger partial charge in [-0.05, 0) is 16.0 Å². The van der Waals surface area contributed by atoms with Crippen LogP contribution in [0, 0.1) is 21.4 Å². The molecule has 0 atom stereocenters. The Kier molecular flexibility index (Phi) is 2.57. The van der Waals surface area contributed by atoms with Crippen molar-refractivity contribution in [3.63, 3.8) is 0 Å². The second-order valence-electron chi connectivity index (χ2n) is 2.43. The Balaban J connectivity index is 3.42. The molecule has 1 heterocycles. The normalized spacial score (nSPS) is 10.8. The van der Waals surface area contributed by atoms with Gasteiger partial charge in [0.25, 0.3) is 5.69 Å². The lowest BCUT2D eigenvalue weighted by Crippen LogP contribution is -2.10. The molecule has 8 heteroatoms. The summed E-state index contributed by atoms with van der Waals surface area (Å²) in [4.78, 5) is 12.0. The number of alkyl halides is 3. The predicted octanol–water partition coefficient (Wildman–Crippen LogP) is 1.88. The number of nitrogens with zero attached hydrogens (tertiary/aromatic N) is 3. The van der Waals surface area contributed by atoms with Crippen molar-refractivity contribution in [3.05, 3.63) is 33.5 Å². The Hall–Kier alpha value is -2.17. The van der Waals surface area contributed by atoms with Gasteiger partial charge in [-0.15, -0.1) is 0 Å². The molecule has 0 fully saturated rings. The minimum Gasteiger partial charge on any atom is -0.358 e. The Morgan fingerprint density at radius 2 is 2.07 bits per heavy atom. The molecule has 0 spiro atoms. The van der Waals surface area contributed by atoms with Gasteiger partial charge in [-0.25, -0.2) is 0 Å². The topological polar surface area (TPSA) is 79.8 Å². The second-order valence-corrected chi connectivity index (χ2v) is 2.43. The van der Waals surface area contributed by atoms with Crippen LogP contribution < -0.4 is 0 Å². The average Bonchev–Trinajstić information content (AvgIpc) is 2.15. The molecular weight excluding hydrogens is 215 g/mol. The summed E-state index contributed by atoms with van der Waals surface area (Å²) in [6, 6.07) is 2.65. The van der Waals surface area contributed by atoms with Gasteiger partial charge in [0.15, 0.2) is 5.56 Å². The summed E-state index contributed by atoms with van der Waals surface area (Å²) in [5.74, 6) is -1.36. The molecule has 0 aliphatic carbocycles. The van der Waals surface area contributed by atoms with Gasteiger partial charge in [-0.3, -0.25) is 0 Å². The molecule has 0 saturated carbocycles. The fraction of sp³-hybridized carbons (Fsp3) is 0.143. The first-order chi connectivity index (χ1) is 6.86. The Labute approximate surface area is 80.9 Å². The molecular formula is C7H2F3N3O2. The summed E-state index contributed by atoms with van der Waals surface area (Å²) in [5.41, 5.74) is -1.90. The van der Waals surface area contributed by atoms with Crippen molar-refractivity contribution >= 4 is 5.82 Å². The minimum absolute atomic E-state index is 0.435. The average molecular weight is 217 g/mol. The first kappa shape index (κ1) is 10.9. The molecule has 0 aliphatic rings. The number of rotatable bonds is 1. The SMILES string of the molecule is N#Cc1ccc(C(F)(F)F)c([N+](=O)[O-])n1. The number of pyridine rings is 1. The smallest absolute Gasteiger partial charge is 0.358 e. The lowest BCUT2D eigenvalue weighted by molar-refractivity contribution is -0.392. The molecule has 1 aromatic rings. The Bertz CT molecular complexity index is 450. The van der Waals surface area contributed by atoms with Crippen LogP contribution in [0.3, 0.4) is 0 Å². The molecule has 0 bridgehead atoms. The summed E-state index contributed by atoms with van der Waals surface area (Å²) in [5, 5.41) is 18.6. The van der Waals surface area contributed by atoms with Gasteiger partial charge in [-0.1, -0.05) is 0 Å². The Morgan fingerprint density at radius 1 is 1.47 bits per heavy atom. The number of hydrogen-bond acceptors (Lipinski definition) is 4. The quantitative estimate of drug-likeness (QED) is 0.531. The molecule has 78 valence electrons. The van der Waals surface area contributed by atoms with E-state index in [4.69, 9.17) is 5.26 Å². The minimum atomic E-state index is -4.86. The van der Waals surface area contributed by atoms with E-state index < -0.39 is 28.2 Å². The number of hydrogen-bond donors (Lipinski definition) is 0. The van der Waals surface area contributed by atoms with Gasteiger partial charge in [-0.2, -0.15) is 18.4 Å². The zero-order chi connectivity index (χ0) is 11.6. The highest BCUT2D eigenvalue weighted by atomic mass is 19.4. The third-order valence-electron chi connectivity index (χ3n) is 1.47. The number of nitro groups is 1. The molecule has 0 aromatic carbocycles. The van der Waals surface area contributed by atoms with E-state index in [-0.39, 0.29) is 0 Å². The van der Waals surface area contributed by atoms with Gasteiger partial charge in [0.2, 0.25) is 0 Å². The highest BCUT2D eigenvalue weighted by molar-refractivity contribution is 5.39. The zero-order valence-electron chi connectivity index (χ0n) is 6.95. The van der Waals surface area contributed by atoms with Crippen LogP contribution in [0.1, 0.15) is 11.3 Å². The van der Waals surface area contributed by atoms with Crippen LogP contribution in [0.5, 0.6) is 0 Å². The van der Waals surface area contributed by atoms with Crippen molar-refractivity contribution in [2.45, 2.75) is 6.18 Å². The molecule has 15 heavy (non-hydrogen) atoms. The van der Waals surface area contributed by atoms with Crippen LogP contribution in [0.15, 0.2) is 12.1 Å². The monoisotopic (exact) mass is 217 g/mol. The van der Waals surface area contributed by atoms with E-state index in [9.17, 15) is 23.3 Å². The molecule has 0 radical (unpaired) electrons. The lowest BCUT2D eigenvalue weighted by atomic mass is 10.2. The standard InChI is InChI=1S/C7H2F3N3O2/c8-7(9,10)5-2-1-4(3-11)12-6(5)13(14)15/h1-2H. The predicted molar refractivity (Wildman–Crippen MR) is 40.6 cm³/mol. The highest BCUT2D eigenvalue weighted by Gasteiger charge is 2.39. The molecule has 1 rings (SSSR count). The molecule has 0 N–H and O–H groups in total. The maximum absolute atomic E-state index is 12.2. The summed E-state index contributed by atoms with van der Waals surface area (Å²) < 4.78 is 36.7. The summed E-state index contributed by atoms with van der Waals surface area (Å²) >= 11 is 0. The van der Waals surface area contributed by atoms with Gasteiger partial charge in [0.1, 0.15) is 6.07 Å². The maximum atomic E-state index is 12.2. The van der Waals surface area contributed by atoms with Crippen molar-refractivity contribution in [3.8, 4) is 6.07 Å². The molecule has 1 aromatic heterocycles. The van der Waals surface area contributed by atoms with Crippen molar-refractivity contribution in [2.24, 2.45) is 0 Å². The van der Waals surface area contributed by atoms with Crippen LogP contribution in [-0.2, 0) is 6.18 Å². The highest BCUT2D eigenvalue weighted by Crippen LogP contribution is 2.34. The van der Waals surface area contributed by atoms with Gasteiger partial charge in [0, 0.05) is 6.07 Å². The van der Waals surface area contributed by atoms with Crippen molar-refractivity contribution in [1.82, 2.24) is 4.98 Å².